The molecule has 0 radical (unpaired) electrons. The van der Waals surface area contributed by atoms with E-state index in [1.54, 1.807) is 0 Å². The predicted octanol–water partition coefficient (Wildman–Crippen LogP) is 3.15. The Kier molecular flexibility index (Phi) is 6.53. The Bertz CT molecular complexity index is 615. The van der Waals surface area contributed by atoms with E-state index in [0.29, 0.717) is 5.91 Å². The van der Waals surface area contributed by atoms with Crippen LogP contribution in [0.3, 0.4) is 0 Å². The van der Waals surface area contributed by atoms with Crippen LogP contribution >= 0.6 is 0 Å². The summed E-state index contributed by atoms with van der Waals surface area (Å²) in [5, 5.41) is 6.62. The summed E-state index contributed by atoms with van der Waals surface area (Å²) in [5.74, 6) is 0.360. The predicted molar refractivity (Wildman–Crippen MR) is 116 cm³/mol. The Morgan fingerprint density at radius 1 is 0.679 bits per heavy atom. The normalized spacial score (nSPS) is 24.4. The Morgan fingerprint density at radius 2 is 1.29 bits per heavy atom. The molecule has 5 rings (SSSR count). The Labute approximate surface area is 169 Å². The third kappa shape index (κ3) is 4.36. The summed E-state index contributed by atoms with van der Waals surface area (Å²) in [4.78, 5) is 17.6. The summed E-state index contributed by atoms with van der Waals surface area (Å²) < 4.78 is 0. The standard InChI is InChI=1S/C19H27N3O.C4H9N/c23-18-19(9-11-20-12-10-19)8-3-15-22(18)17-6-4-16(5-7-17)21-13-1-2-14-21;1-2-4-5-3-1/h4-7,20H,1-3,8-15H2;5H,1-4H2. The van der Waals surface area contributed by atoms with Crippen molar-refractivity contribution in [2.45, 2.75) is 51.4 Å². The lowest BCUT2D eigenvalue weighted by Crippen LogP contribution is -2.53. The van der Waals surface area contributed by atoms with Crippen LogP contribution in [0.1, 0.15) is 51.4 Å². The topological polar surface area (TPSA) is 47.6 Å². The van der Waals surface area contributed by atoms with E-state index < -0.39 is 0 Å². The fourth-order valence-electron chi connectivity index (χ4n) is 5.13. The van der Waals surface area contributed by atoms with Crippen molar-refractivity contribution in [3.05, 3.63) is 24.3 Å². The molecule has 4 fully saturated rings. The molecule has 28 heavy (non-hydrogen) atoms. The molecular formula is C23H36N4O. The van der Waals surface area contributed by atoms with Gasteiger partial charge in [0, 0.05) is 31.0 Å². The number of amides is 1. The van der Waals surface area contributed by atoms with Crippen molar-refractivity contribution in [3.63, 3.8) is 0 Å². The third-order valence-electron chi connectivity index (χ3n) is 6.89. The number of carbonyl (C=O) groups excluding carboxylic acids is 1. The largest absolute Gasteiger partial charge is 0.372 e. The first-order valence-corrected chi connectivity index (χ1v) is 11.4. The van der Waals surface area contributed by atoms with Crippen molar-refractivity contribution in [3.8, 4) is 0 Å². The van der Waals surface area contributed by atoms with Crippen LogP contribution in [0.5, 0.6) is 0 Å². The number of rotatable bonds is 2. The van der Waals surface area contributed by atoms with E-state index in [-0.39, 0.29) is 5.41 Å². The van der Waals surface area contributed by atoms with Crippen molar-refractivity contribution >= 4 is 17.3 Å². The van der Waals surface area contributed by atoms with Gasteiger partial charge >= 0.3 is 0 Å². The highest BCUT2D eigenvalue weighted by Gasteiger charge is 2.44. The molecule has 4 heterocycles. The highest BCUT2D eigenvalue weighted by molar-refractivity contribution is 5.98. The van der Waals surface area contributed by atoms with E-state index >= 15 is 0 Å². The van der Waals surface area contributed by atoms with Crippen LogP contribution in [-0.2, 0) is 4.79 Å². The van der Waals surface area contributed by atoms with Gasteiger partial charge in [-0.25, -0.2) is 0 Å². The van der Waals surface area contributed by atoms with Crippen LogP contribution in [0.15, 0.2) is 24.3 Å². The molecular weight excluding hydrogens is 348 g/mol. The zero-order valence-corrected chi connectivity index (χ0v) is 17.2. The molecule has 0 saturated carbocycles. The van der Waals surface area contributed by atoms with E-state index in [9.17, 15) is 4.79 Å². The van der Waals surface area contributed by atoms with Crippen molar-refractivity contribution in [2.24, 2.45) is 5.41 Å². The van der Waals surface area contributed by atoms with E-state index in [1.807, 2.05) is 4.90 Å². The SMILES string of the molecule is C1CCNC1.O=C1N(c2ccc(N3CCCC3)cc2)CCCC12CCNCC2. The zero-order chi connectivity index (χ0) is 19.2. The quantitative estimate of drug-likeness (QED) is 0.822. The smallest absolute Gasteiger partial charge is 0.233 e. The van der Waals surface area contributed by atoms with E-state index in [0.717, 1.165) is 64.1 Å². The fraction of sp³-hybridized carbons (Fsp3) is 0.696. The minimum atomic E-state index is -0.100. The van der Waals surface area contributed by atoms with Gasteiger partial charge in [-0.3, -0.25) is 4.79 Å². The maximum absolute atomic E-state index is 13.1. The van der Waals surface area contributed by atoms with Gasteiger partial charge in [0.2, 0.25) is 5.91 Å². The lowest BCUT2D eigenvalue weighted by atomic mass is 9.72. The van der Waals surface area contributed by atoms with Crippen molar-refractivity contribution < 1.29 is 4.79 Å². The zero-order valence-electron chi connectivity index (χ0n) is 17.2. The van der Waals surface area contributed by atoms with Gasteiger partial charge in [0.05, 0.1) is 5.41 Å². The summed E-state index contributed by atoms with van der Waals surface area (Å²) in [6.45, 7) is 7.66. The van der Waals surface area contributed by atoms with Crippen LogP contribution < -0.4 is 20.4 Å². The van der Waals surface area contributed by atoms with Gasteiger partial charge in [-0.2, -0.15) is 0 Å². The molecule has 0 atom stereocenters. The first-order valence-electron chi connectivity index (χ1n) is 11.4. The average molecular weight is 385 g/mol. The molecule has 0 bridgehead atoms. The number of nitrogens with one attached hydrogen (secondary N) is 2. The van der Waals surface area contributed by atoms with Crippen molar-refractivity contribution in [1.29, 1.82) is 0 Å². The molecule has 1 amide bonds. The van der Waals surface area contributed by atoms with Gasteiger partial charge in [-0.1, -0.05) is 0 Å². The summed E-state index contributed by atoms with van der Waals surface area (Å²) in [7, 11) is 0. The number of benzene rings is 1. The number of piperidine rings is 2. The summed E-state index contributed by atoms with van der Waals surface area (Å²) in [6, 6.07) is 8.67. The Balaban J connectivity index is 0.000000336. The molecule has 5 heteroatoms. The molecule has 4 aliphatic heterocycles. The first kappa shape index (κ1) is 19.7. The van der Waals surface area contributed by atoms with Crippen molar-refractivity contribution in [2.75, 3.05) is 55.6 Å². The number of nitrogens with zero attached hydrogens (tertiary/aromatic N) is 2. The van der Waals surface area contributed by atoms with E-state index in [4.69, 9.17) is 0 Å². The molecule has 1 aromatic rings. The van der Waals surface area contributed by atoms with Gasteiger partial charge in [-0.05, 0) is 102 Å². The van der Waals surface area contributed by atoms with Crippen molar-refractivity contribution in [1.82, 2.24) is 10.6 Å². The molecule has 4 saturated heterocycles. The highest BCUT2D eigenvalue weighted by atomic mass is 16.2. The second-order valence-electron chi connectivity index (χ2n) is 8.76. The van der Waals surface area contributed by atoms with Gasteiger partial charge in [0.1, 0.15) is 0 Å². The van der Waals surface area contributed by atoms with Gasteiger partial charge in [0.25, 0.3) is 0 Å². The number of anilines is 2. The number of carbonyl (C=O) groups is 1. The molecule has 0 unspecified atom stereocenters. The monoisotopic (exact) mass is 384 g/mol. The highest BCUT2D eigenvalue weighted by Crippen LogP contribution is 2.41. The summed E-state index contributed by atoms with van der Waals surface area (Å²) in [6.07, 6.45) is 9.55. The van der Waals surface area contributed by atoms with Gasteiger partial charge < -0.3 is 20.4 Å². The molecule has 1 aromatic carbocycles. The molecule has 0 aromatic heterocycles. The summed E-state index contributed by atoms with van der Waals surface area (Å²) in [5.41, 5.74) is 2.28. The van der Waals surface area contributed by atoms with Crippen LogP contribution in [0.2, 0.25) is 0 Å². The Hall–Kier alpha value is -1.59. The first-order chi connectivity index (χ1) is 13.8. The lowest BCUT2D eigenvalue weighted by Gasteiger charge is -2.44. The molecule has 4 aliphatic rings. The maximum Gasteiger partial charge on any atom is 0.233 e. The second kappa shape index (κ2) is 9.27. The minimum Gasteiger partial charge on any atom is -0.372 e. The fourth-order valence-corrected chi connectivity index (χ4v) is 5.13. The van der Waals surface area contributed by atoms with Crippen LogP contribution in [-0.4, -0.2) is 51.7 Å². The molecule has 0 aliphatic carbocycles. The van der Waals surface area contributed by atoms with E-state index in [2.05, 4.69) is 39.8 Å². The average Bonchev–Trinajstić information content (AvgIpc) is 3.48. The van der Waals surface area contributed by atoms with Crippen LogP contribution in [0.4, 0.5) is 11.4 Å². The van der Waals surface area contributed by atoms with Gasteiger partial charge in [-0.15, -0.1) is 0 Å². The number of hydrogen-bond donors (Lipinski definition) is 2. The van der Waals surface area contributed by atoms with Crippen LogP contribution in [0.25, 0.3) is 0 Å². The van der Waals surface area contributed by atoms with E-state index in [1.165, 1.54) is 44.5 Å². The number of hydrogen-bond acceptors (Lipinski definition) is 4. The Morgan fingerprint density at radius 3 is 1.89 bits per heavy atom. The maximum atomic E-state index is 13.1. The molecule has 2 N–H and O–H groups in total. The molecule has 1 spiro atoms. The van der Waals surface area contributed by atoms with Gasteiger partial charge in [0.15, 0.2) is 0 Å². The minimum absolute atomic E-state index is 0.100. The second-order valence-corrected chi connectivity index (χ2v) is 8.76. The lowest BCUT2D eigenvalue weighted by molar-refractivity contribution is -0.132. The molecule has 154 valence electrons. The summed E-state index contributed by atoms with van der Waals surface area (Å²) >= 11 is 0. The van der Waals surface area contributed by atoms with Crippen LogP contribution in [0, 0.1) is 5.41 Å². The molecule has 5 nitrogen and oxygen atoms in total. The third-order valence-corrected chi connectivity index (χ3v) is 6.89.